The number of rotatable bonds is 5. The average molecular weight is 461 g/mol. The van der Waals surface area contributed by atoms with E-state index in [0.29, 0.717) is 10.9 Å². The lowest BCUT2D eigenvalue weighted by Gasteiger charge is -2.31. The maximum atomic E-state index is 12.8. The van der Waals surface area contributed by atoms with Crippen molar-refractivity contribution in [3.05, 3.63) is 59.5 Å². The molecule has 0 unspecified atom stereocenters. The van der Waals surface area contributed by atoms with Gasteiger partial charge in [0.05, 0.1) is 11.4 Å². The Morgan fingerprint density at radius 3 is 2.58 bits per heavy atom. The van der Waals surface area contributed by atoms with E-state index in [1.807, 2.05) is 49.6 Å². The minimum atomic E-state index is -0.0473. The standard InChI is InChI=1S/C23H24N8OS/c1-15-12-16(2)31(29-15)21-6-5-20(27-28-21)30-10-7-17(8-11-30)22(32)26-23-25-19(14-33-23)18-4-3-9-24-13-18/h3-6,9,12-14,17H,7-8,10-11H2,1-2H3,(H,25,26,32). The Balaban J connectivity index is 1.17. The van der Waals surface area contributed by atoms with Gasteiger partial charge in [-0.2, -0.15) is 5.10 Å². The Labute approximate surface area is 195 Å². The van der Waals surface area contributed by atoms with Gasteiger partial charge in [0.15, 0.2) is 16.8 Å². The van der Waals surface area contributed by atoms with Gasteiger partial charge in [-0.05, 0) is 57.0 Å². The number of piperidine rings is 1. The number of aromatic nitrogens is 6. The second-order valence-electron chi connectivity index (χ2n) is 8.12. The molecule has 0 radical (unpaired) electrons. The molecule has 1 N–H and O–H groups in total. The van der Waals surface area contributed by atoms with Crippen LogP contribution in [0.1, 0.15) is 24.2 Å². The average Bonchev–Trinajstić information content (AvgIpc) is 3.45. The molecule has 5 heterocycles. The summed E-state index contributed by atoms with van der Waals surface area (Å²) in [4.78, 5) is 23.6. The first kappa shape index (κ1) is 21.2. The molecule has 1 aliphatic heterocycles. The SMILES string of the molecule is Cc1cc(C)n(-c2ccc(N3CCC(C(=O)Nc4nc(-c5cccnc5)cs4)CC3)nn2)n1. The normalized spacial score (nSPS) is 14.4. The molecule has 5 rings (SSSR count). The van der Waals surface area contributed by atoms with Crippen LogP contribution >= 0.6 is 11.3 Å². The van der Waals surface area contributed by atoms with Crippen LogP contribution in [0.3, 0.4) is 0 Å². The zero-order valence-electron chi connectivity index (χ0n) is 18.5. The molecule has 0 bridgehead atoms. The van der Waals surface area contributed by atoms with Crippen LogP contribution < -0.4 is 10.2 Å². The highest BCUT2D eigenvalue weighted by atomic mass is 32.1. The number of carbonyl (C=O) groups excluding carboxylic acids is 1. The van der Waals surface area contributed by atoms with Gasteiger partial charge in [0.25, 0.3) is 0 Å². The molecule has 4 aromatic rings. The number of thiazole rings is 1. The molecule has 4 aromatic heterocycles. The third-order valence-electron chi connectivity index (χ3n) is 5.74. The molecule has 168 valence electrons. The van der Waals surface area contributed by atoms with E-state index in [4.69, 9.17) is 0 Å². The van der Waals surface area contributed by atoms with Crippen molar-refractivity contribution in [2.24, 2.45) is 5.92 Å². The molecule has 0 atom stereocenters. The van der Waals surface area contributed by atoms with Crippen molar-refractivity contribution >= 4 is 28.2 Å². The molecule has 0 spiro atoms. The van der Waals surface area contributed by atoms with Crippen LogP contribution in [0.25, 0.3) is 17.1 Å². The Hall–Kier alpha value is -3.66. The highest BCUT2D eigenvalue weighted by Gasteiger charge is 2.26. The fourth-order valence-corrected chi connectivity index (χ4v) is 4.74. The van der Waals surface area contributed by atoms with Crippen molar-refractivity contribution < 1.29 is 4.79 Å². The number of nitrogens with one attached hydrogen (secondary N) is 1. The summed E-state index contributed by atoms with van der Waals surface area (Å²) < 4.78 is 1.79. The Morgan fingerprint density at radius 2 is 1.91 bits per heavy atom. The van der Waals surface area contributed by atoms with E-state index < -0.39 is 0 Å². The fraction of sp³-hybridized carbons (Fsp3) is 0.304. The Kier molecular flexibility index (Phi) is 5.82. The molecule has 33 heavy (non-hydrogen) atoms. The van der Waals surface area contributed by atoms with Crippen LogP contribution in [0.4, 0.5) is 10.9 Å². The van der Waals surface area contributed by atoms with E-state index >= 15 is 0 Å². The van der Waals surface area contributed by atoms with E-state index in [9.17, 15) is 4.79 Å². The van der Waals surface area contributed by atoms with Crippen molar-refractivity contribution in [3.63, 3.8) is 0 Å². The van der Waals surface area contributed by atoms with Crippen LogP contribution in [0.5, 0.6) is 0 Å². The number of pyridine rings is 1. The highest BCUT2D eigenvalue weighted by molar-refractivity contribution is 7.14. The number of aryl methyl sites for hydroxylation is 2. The summed E-state index contributed by atoms with van der Waals surface area (Å²) in [6.45, 7) is 5.46. The second-order valence-corrected chi connectivity index (χ2v) is 8.98. The zero-order valence-corrected chi connectivity index (χ0v) is 19.3. The highest BCUT2D eigenvalue weighted by Crippen LogP contribution is 2.27. The van der Waals surface area contributed by atoms with Crippen molar-refractivity contribution in [3.8, 4) is 17.1 Å². The van der Waals surface area contributed by atoms with Crippen molar-refractivity contribution in [2.75, 3.05) is 23.3 Å². The molecule has 1 fully saturated rings. The fourth-order valence-electron chi connectivity index (χ4n) is 4.02. The molecule has 1 saturated heterocycles. The van der Waals surface area contributed by atoms with Crippen molar-refractivity contribution in [2.45, 2.75) is 26.7 Å². The van der Waals surface area contributed by atoms with Crippen molar-refractivity contribution in [1.29, 1.82) is 0 Å². The van der Waals surface area contributed by atoms with Gasteiger partial charge in [-0.1, -0.05) is 0 Å². The predicted octanol–water partition coefficient (Wildman–Crippen LogP) is 3.65. The number of nitrogens with zero attached hydrogens (tertiary/aromatic N) is 7. The topological polar surface area (TPSA) is 102 Å². The minimum absolute atomic E-state index is 0.0210. The van der Waals surface area contributed by atoms with Crippen LogP contribution in [-0.2, 0) is 4.79 Å². The molecular formula is C23H24N8OS. The molecule has 0 saturated carbocycles. The molecule has 0 aliphatic carbocycles. The molecule has 1 amide bonds. The largest absolute Gasteiger partial charge is 0.355 e. The van der Waals surface area contributed by atoms with Gasteiger partial charge in [0.1, 0.15) is 0 Å². The number of amides is 1. The molecule has 9 nitrogen and oxygen atoms in total. The van der Waals surface area contributed by atoms with Gasteiger partial charge in [-0.3, -0.25) is 9.78 Å². The molecule has 10 heteroatoms. The van der Waals surface area contributed by atoms with E-state index in [1.54, 1.807) is 17.1 Å². The van der Waals surface area contributed by atoms with E-state index in [1.165, 1.54) is 11.3 Å². The van der Waals surface area contributed by atoms with Gasteiger partial charge in [-0.25, -0.2) is 9.67 Å². The summed E-state index contributed by atoms with van der Waals surface area (Å²) >= 11 is 1.43. The molecule has 0 aromatic carbocycles. The third kappa shape index (κ3) is 4.61. The number of hydrogen-bond acceptors (Lipinski definition) is 8. The summed E-state index contributed by atoms with van der Waals surface area (Å²) in [5, 5.41) is 18.7. The molecule has 1 aliphatic rings. The maximum absolute atomic E-state index is 12.8. The third-order valence-corrected chi connectivity index (χ3v) is 6.50. The summed E-state index contributed by atoms with van der Waals surface area (Å²) in [6, 6.07) is 9.74. The number of hydrogen-bond donors (Lipinski definition) is 1. The van der Waals surface area contributed by atoms with Gasteiger partial charge in [0.2, 0.25) is 5.91 Å². The van der Waals surface area contributed by atoms with Crippen LogP contribution in [0.15, 0.2) is 48.1 Å². The smallest absolute Gasteiger partial charge is 0.229 e. The quantitative estimate of drug-likeness (QED) is 0.485. The lowest BCUT2D eigenvalue weighted by Crippen LogP contribution is -2.38. The van der Waals surface area contributed by atoms with Gasteiger partial charge < -0.3 is 10.2 Å². The summed E-state index contributed by atoms with van der Waals surface area (Å²) in [7, 11) is 0. The second kappa shape index (κ2) is 9.07. The minimum Gasteiger partial charge on any atom is -0.355 e. The number of anilines is 2. The van der Waals surface area contributed by atoms with Crippen molar-refractivity contribution in [1.82, 2.24) is 29.9 Å². The first-order valence-electron chi connectivity index (χ1n) is 10.9. The van der Waals surface area contributed by atoms with Crippen LogP contribution in [0, 0.1) is 19.8 Å². The number of carbonyl (C=O) groups is 1. The first-order valence-corrected chi connectivity index (χ1v) is 11.7. The first-order chi connectivity index (χ1) is 16.1. The Morgan fingerprint density at radius 1 is 1.12 bits per heavy atom. The van der Waals surface area contributed by atoms with Crippen LogP contribution in [0.2, 0.25) is 0 Å². The monoisotopic (exact) mass is 460 g/mol. The van der Waals surface area contributed by atoms with Crippen LogP contribution in [-0.4, -0.2) is 48.9 Å². The van der Waals surface area contributed by atoms with E-state index in [2.05, 4.69) is 35.5 Å². The van der Waals surface area contributed by atoms with E-state index in [-0.39, 0.29) is 11.8 Å². The predicted molar refractivity (Wildman–Crippen MR) is 128 cm³/mol. The van der Waals surface area contributed by atoms with E-state index in [0.717, 1.165) is 54.4 Å². The molecular weight excluding hydrogens is 436 g/mol. The summed E-state index contributed by atoms with van der Waals surface area (Å²) in [5.41, 5.74) is 3.73. The Bertz CT molecular complexity index is 1240. The maximum Gasteiger partial charge on any atom is 0.229 e. The van der Waals surface area contributed by atoms with Gasteiger partial charge >= 0.3 is 0 Å². The summed E-state index contributed by atoms with van der Waals surface area (Å²) in [6.07, 6.45) is 5.01. The zero-order chi connectivity index (χ0) is 22.8. The van der Waals surface area contributed by atoms with Gasteiger partial charge in [0, 0.05) is 48.0 Å². The lowest BCUT2D eigenvalue weighted by atomic mass is 9.96. The summed E-state index contributed by atoms with van der Waals surface area (Å²) in [5.74, 6) is 1.49. The van der Waals surface area contributed by atoms with Gasteiger partial charge in [-0.15, -0.1) is 21.5 Å². The lowest BCUT2D eigenvalue weighted by molar-refractivity contribution is -0.120.